The number of aryl methyl sites for hydroxylation is 1. The number of ether oxygens (including phenoxy) is 2. The van der Waals surface area contributed by atoms with Crippen LogP contribution in [0, 0.1) is 12.8 Å². The number of nitrogens with zero attached hydrogens (tertiary/aromatic N) is 1. The Balaban J connectivity index is 2.00. The van der Waals surface area contributed by atoms with Crippen LogP contribution in [0.25, 0.3) is 0 Å². The van der Waals surface area contributed by atoms with Crippen LogP contribution in [0.1, 0.15) is 50.3 Å². The first-order chi connectivity index (χ1) is 10.1. The summed E-state index contributed by atoms with van der Waals surface area (Å²) in [6.45, 7) is 3.20. The van der Waals surface area contributed by atoms with Crippen LogP contribution < -0.4 is 4.74 Å². The maximum absolute atomic E-state index is 12.0. The second kappa shape index (κ2) is 7.20. The van der Waals surface area contributed by atoms with E-state index < -0.39 is 5.97 Å². The molecule has 0 atom stereocenters. The molecule has 0 aromatic carbocycles. The molecule has 0 radical (unpaired) electrons. The molecule has 1 aromatic rings. The van der Waals surface area contributed by atoms with Crippen molar-refractivity contribution in [3.8, 4) is 5.75 Å². The topological polar surface area (TPSA) is 65.5 Å². The molecule has 0 aliphatic heterocycles. The number of carbonyl (C=O) groups is 2. The summed E-state index contributed by atoms with van der Waals surface area (Å²) in [4.78, 5) is 27.3. The third kappa shape index (κ3) is 4.28. The molecule has 114 valence electrons. The van der Waals surface area contributed by atoms with E-state index in [0.717, 1.165) is 25.7 Å². The third-order valence-electron chi connectivity index (χ3n) is 3.72. The number of rotatable bonds is 4. The summed E-state index contributed by atoms with van der Waals surface area (Å²) >= 11 is 0. The van der Waals surface area contributed by atoms with Gasteiger partial charge in [-0.25, -0.2) is 0 Å². The molecule has 0 saturated heterocycles. The van der Waals surface area contributed by atoms with Crippen LogP contribution in [0.15, 0.2) is 12.3 Å². The van der Waals surface area contributed by atoms with Crippen LogP contribution in [-0.2, 0) is 20.9 Å². The van der Waals surface area contributed by atoms with E-state index >= 15 is 0 Å². The summed E-state index contributed by atoms with van der Waals surface area (Å²) in [5.41, 5.74) is 1.28. The molecule has 1 fully saturated rings. The minimum atomic E-state index is -0.411. The van der Waals surface area contributed by atoms with Gasteiger partial charge in [0.15, 0.2) is 5.75 Å². The predicted molar refractivity (Wildman–Crippen MR) is 76.7 cm³/mol. The van der Waals surface area contributed by atoms with Crippen LogP contribution >= 0.6 is 0 Å². The summed E-state index contributed by atoms with van der Waals surface area (Å²) in [7, 11) is 0. The van der Waals surface area contributed by atoms with Crippen molar-refractivity contribution in [2.75, 3.05) is 0 Å². The molecule has 0 spiro atoms. The number of aromatic nitrogens is 1. The first-order valence-electron chi connectivity index (χ1n) is 7.37. The quantitative estimate of drug-likeness (QED) is 0.798. The molecular weight excluding hydrogens is 270 g/mol. The van der Waals surface area contributed by atoms with Crippen molar-refractivity contribution in [3.63, 3.8) is 0 Å². The molecule has 5 nitrogen and oxygen atoms in total. The number of carbonyl (C=O) groups excluding carboxylic acids is 2. The SMILES string of the molecule is CC(=O)Oc1c(COC(=O)C2CCCCC2)ccnc1C. The van der Waals surface area contributed by atoms with Gasteiger partial charge in [0.05, 0.1) is 11.6 Å². The molecule has 21 heavy (non-hydrogen) atoms. The number of hydrogen-bond acceptors (Lipinski definition) is 5. The van der Waals surface area contributed by atoms with E-state index in [1.807, 2.05) is 0 Å². The van der Waals surface area contributed by atoms with Crippen LogP contribution in [0.2, 0.25) is 0 Å². The summed E-state index contributed by atoms with van der Waals surface area (Å²) in [6, 6.07) is 1.71. The van der Waals surface area contributed by atoms with Crippen molar-refractivity contribution in [1.29, 1.82) is 0 Å². The Labute approximate surface area is 124 Å². The van der Waals surface area contributed by atoms with Crippen molar-refractivity contribution in [3.05, 3.63) is 23.5 Å². The maximum atomic E-state index is 12.0. The van der Waals surface area contributed by atoms with Gasteiger partial charge in [0.25, 0.3) is 0 Å². The average Bonchev–Trinajstić information content (AvgIpc) is 2.48. The Kier molecular flexibility index (Phi) is 5.31. The van der Waals surface area contributed by atoms with Gasteiger partial charge in [0, 0.05) is 18.7 Å². The fourth-order valence-corrected chi connectivity index (χ4v) is 2.61. The molecule has 0 bridgehead atoms. The summed E-state index contributed by atoms with van der Waals surface area (Å²) in [5.74, 6) is -0.163. The average molecular weight is 291 g/mol. The Hall–Kier alpha value is -1.91. The molecule has 1 heterocycles. The number of esters is 2. The molecule has 0 amide bonds. The van der Waals surface area contributed by atoms with E-state index in [1.165, 1.54) is 13.3 Å². The van der Waals surface area contributed by atoms with Crippen molar-refractivity contribution in [2.45, 2.75) is 52.6 Å². The van der Waals surface area contributed by atoms with Crippen molar-refractivity contribution >= 4 is 11.9 Å². The van der Waals surface area contributed by atoms with Crippen molar-refractivity contribution < 1.29 is 19.1 Å². The minimum Gasteiger partial charge on any atom is -0.460 e. The predicted octanol–water partition coefficient (Wildman–Crippen LogP) is 2.94. The summed E-state index contributed by atoms with van der Waals surface area (Å²) in [6.07, 6.45) is 6.81. The van der Waals surface area contributed by atoms with Gasteiger partial charge in [-0.1, -0.05) is 19.3 Å². The zero-order valence-electron chi connectivity index (χ0n) is 12.6. The lowest BCUT2D eigenvalue weighted by atomic mass is 9.89. The fourth-order valence-electron chi connectivity index (χ4n) is 2.61. The Morgan fingerprint density at radius 1 is 1.29 bits per heavy atom. The minimum absolute atomic E-state index is 0.0128. The van der Waals surface area contributed by atoms with Gasteiger partial charge in [-0.05, 0) is 25.8 Å². The van der Waals surface area contributed by atoms with E-state index in [9.17, 15) is 9.59 Å². The lowest BCUT2D eigenvalue weighted by Gasteiger charge is -2.20. The van der Waals surface area contributed by atoms with E-state index in [2.05, 4.69) is 4.98 Å². The Morgan fingerprint density at radius 3 is 2.67 bits per heavy atom. The van der Waals surface area contributed by atoms with Gasteiger partial charge >= 0.3 is 11.9 Å². The van der Waals surface area contributed by atoms with Gasteiger partial charge < -0.3 is 9.47 Å². The first-order valence-corrected chi connectivity index (χ1v) is 7.37. The smallest absolute Gasteiger partial charge is 0.309 e. The molecule has 1 saturated carbocycles. The first kappa shape index (κ1) is 15.5. The van der Waals surface area contributed by atoms with Gasteiger partial charge in [-0.15, -0.1) is 0 Å². The molecule has 1 aromatic heterocycles. The highest BCUT2D eigenvalue weighted by Gasteiger charge is 2.23. The molecule has 2 rings (SSSR count). The highest BCUT2D eigenvalue weighted by atomic mass is 16.5. The van der Waals surface area contributed by atoms with E-state index in [4.69, 9.17) is 9.47 Å². The van der Waals surface area contributed by atoms with Crippen molar-refractivity contribution in [1.82, 2.24) is 4.98 Å². The maximum Gasteiger partial charge on any atom is 0.309 e. The highest BCUT2D eigenvalue weighted by Crippen LogP contribution is 2.26. The molecule has 1 aliphatic rings. The van der Waals surface area contributed by atoms with E-state index in [1.54, 1.807) is 19.2 Å². The molecule has 0 unspecified atom stereocenters. The van der Waals surface area contributed by atoms with Gasteiger partial charge in [-0.3, -0.25) is 14.6 Å². The lowest BCUT2D eigenvalue weighted by molar-refractivity contribution is -0.151. The third-order valence-corrected chi connectivity index (χ3v) is 3.72. The van der Waals surface area contributed by atoms with E-state index in [0.29, 0.717) is 17.0 Å². The summed E-state index contributed by atoms with van der Waals surface area (Å²) in [5, 5.41) is 0. The molecule has 5 heteroatoms. The molecule has 1 aliphatic carbocycles. The summed E-state index contributed by atoms with van der Waals surface area (Å²) < 4.78 is 10.5. The molecular formula is C16H21NO4. The zero-order chi connectivity index (χ0) is 15.2. The van der Waals surface area contributed by atoms with Crippen LogP contribution in [0.3, 0.4) is 0 Å². The van der Waals surface area contributed by atoms with Crippen LogP contribution in [0.4, 0.5) is 0 Å². The largest absolute Gasteiger partial charge is 0.460 e. The second-order valence-corrected chi connectivity index (χ2v) is 5.42. The van der Waals surface area contributed by atoms with Gasteiger partial charge in [-0.2, -0.15) is 0 Å². The van der Waals surface area contributed by atoms with Crippen molar-refractivity contribution in [2.24, 2.45) is 5.92 Å². The van der Waals surface area contributed by atoms with Gasteiger partial charge in [0.2, 0.25) is 0 Å². The standard InChI is InChI=1S/C16H21NO4/c1-11-15(21-12(2)18)14(8-9-17-11)10-20-16(19)13-6-4-3-5-7-13/h8-9,13H,3-7,10H2,1-2H3. The normalized spacial score (nSPS) is 15.5. The van der Waals surface area contributed by atoms with Gasteiger partial charge in [0.1, 0.15) is 6.61 Å². The second-order valence-electron chi connectivity index (χ2n) is 5.42. The van der Waals surface area contributed by atoms with E-state index in [-0.39, 0.29) is 18.5 Å². The zero-order valence-corrected chi connectivity index (χ0v) is 12.6. The molecule has 0 N–H and O–H groups in total. The number of hydrogen-bond donors (Lipinski definition) is 0. The monoisotopic (exact) mass is 291 g/mol. The lowest BCUT2D eigenvalue weighted by Crippen LogP contribution is -2.20. The van der Waals surface area contributed by atoms with Crippen LogP contribution in [-0.4, -0.2) is 16.9 Å². The number of pyridine rings is 1. The van der Waals surface area contributed by atoms with Crippen LogP contribution in [0.5, 0.6) is 5.75 Å². The Morgan fingerprint density at radius 2 is 2.00 bits per heavy atom. The fraction of sp³-hybridized carbons (Fsp3) is 0.562. The highest BCUT2D eigenvalue weighted by molar-refractivity contribution is 5.73. The Bertz CT molecular complexity index is 521.